The molecule has 5 rings (SSSR count). The number of aromatic amines is 1. The highest BCUT2D eigenvalue weighted by atomic mass is 79.9. The zero-order chi connectivity index (χ0) is 17.5. The first kappa shape index (κ1) is 15.4. The lowest BCUT2D eigenvalue weighted by atomic mass is 9.90. The van der Waals surface area contributed by atoms with Crippen molar-refractivity contribution in [1.82, 2.24) is 4.98 Å². The Morgan fingerprint density at radius 2 is 1.73 bits per heavy atom. The van der Waals surface area contributed by atoms with Crippen molar-refractivity contribution in [2.24, 2.45) is 4.99 Å². The SMILES string of the molecule is Brc1cccc(C(=C2C=Nc3ccccc32)c2c[nH]c3ccccc23)c1. The monoisotopic (exact) mass is 398 g/mol. The van der Waals surface area contributed by atoms with Gasteiger partial charge in [0.25, 0.3) is 0 Å². The van der Waals surface area contributed by atoms with Gasteiger partial charge in [0.05, 0.1) is 5.69 Å². The van der Waals surface area contributed by atoms with Gasteiger partial charge in [-0.1, -0.05) is 64.5 Å². The van der Waals surface area contributed by atoms with Crippen molar-refractivity contribution in [2.45, 2.75) is 0 Å². The summed E-state index contributed by atoms with van der Waals surface area (Å²) in [6, 6.07) is 25.2. The Hall–Kier alpha value is -2.91. The molecule has 0 atom stereocenters. The molecule has 26 heavy (non-hydrogen) atoms. The molecule has 0 spiro atoms. The summed E-state index contributed by atoms with van der Waals surface area (Å²) in [5.41, 5.74) is 8.04. The molecule has 1 aromatic heterocycles. The molecule has 1 N–H and O–H groups in total. The molecule has 0 radical (unpaired) electrons. The first-order valence-corrected chi connectivity index (χ1v) is 9.31. The van der Waals surface area contributed by atoms with E-state index in [1.165, 1.54) is 27.6 Å². The Morgan fingerprint density at radius 3 is 2.65 bits per heavy atom. The van der Waals surface area contributed by atoms with Gasteiger partial charge in [-0.05, 0) is 29.8 Å². The summed E-state index contributed by atoms with van der Waals surface area (Å²) in [6.07, 6.45) is 4.09. The van der Waals surface area contributed by atoms with Crippen LogP contribution in [0.5, 0.6) is 0 Å². The number of halogens is 1. The molecule has 0 amide bonds. The van der Waals surface area contributed by atoms with Crippen LogP contribution in [0.25, 0.3) is 22.0 Å². The van der Waals surface area contributed by atoms with Gasteiger partial charge in [0.15, 0.2) is 0 Å². The molecule has 3 heteroatoms. The number of fused-ring (bicyclic) bond motifs is 2. The molecular weight excluding hydrogens is 384 g/mol. The van der Waals surface area contributed by atoms with Gasteiger partial charge < -0.3 is 4.98 Å². The highest BCUT2D eigenvalue weighted by Crippen LogP contribution is 2.41. The first-order valence-electron chi connectivity index (χ1n) is 8.51. The van der Waals surface area contributed by atoms with Crippen LogP contribution in [0.2, 0.25) is 0 Å². The van der Waals surface area contributed by atoms with Crippen LogP contribution >= 0.6 is 15.9 Å². The number of nitrogens with one attached hydrogen (secondary N) is 1. The van der Waals surface area contributed by atoms with Gasteiger partial charge in [-0.2, -0.15) is 0 Å². The molecular formula is C23H15BrN2. The van der Waals surface area contributed by atoms with Crippen molar-refractivity contribution in [3.8, 4) is 0 Å². The Bertz CT molecular complexity index is 1200. The molecule has 1 aliphatic heterocycles. The Labute approximate surface area is 160 Å². The topological polar surface area (TPSA) is 28.1 Å². The number of rotatable bonds is 2. The Morgan fingerprint density at radius 1 is 0.885 bits per heavy atom. The lowest BCUT2D eigenvalue weighted by Gasteiger charge is -2.12. The van der Waals surface area contributed by atoms with Crippen molar-refractivity contribution in [1.29, 1.82) is 0 Å². The third kappa shape index (κ3) is 2.44. The molecule has 4 aromatic rings. The maximum Gasteiger partial charge on any atom is 0.0709 e. The minimum Gasteiger partial charge on any atom is -0.361 e. The number of benzene rings is 3. The average molecular weight is 399 g/mol. The molecule has 0 aliphatic carbocycles. The van der Waals surface area contributed by atoms with Crippen molar-refractivity contribution in [3.05, 3.63) is 100 Å². The number of para-hydroxylation sites is 2. The van der Waals surface area contributed by atoms with Crippen LogP contribution in [-0.2, 0) is 0 Å². The fraction of sp³-hybridized carbons (Fsp3) is 0. The average Bonchev–Trinajstić information content (AvgIpc) is 3.28. The van der Waals surface area contributed by atoms with E-state index in [2.05, 4.69) is 98.8 Å². The van der Waals surface area contributed by atoms with E-state index >= 15 is 0 Å². The Balaban J connectivity index is 1.86. The van der Waals surface area contributed by atoms with E-state index < -0.39 is 0 Å². The summed E-state index contributed by atoms with van der Waals surface area (Å²) in [5, 5.41) is 1.22. The third-order valence-electron chi connectivity index (χ3n) is 4.77. The van der Waals surface area contributed by atoms with Gasteiger partial charge >= 0.3 is 0 Å². The van der Waals surface area contributed by atoms with Gasteiger partial charge in [-0.25, -0.2) is 0 Å². The minimum atomic E-state index is 1.02. The van der Waals surface area contributed by atoms with Gasteiger partial charge in [-0.15, -0.1) is 0 Å². The largest absolute Gasteiger partial charge is 0.361 e. The van der Waals surface area contributed by atoms with Gasteiger partial charge in [-0.3, -0.25) is 4.99 Å². The van der Waals surface area contributed by atoms with Crippen LogP contribution < -0.4 is 0 Å². The zero-order valence-electron chi connectivity index (χ0n) is 13.9. The van der Waals surface area contributed by atoms with E-state index in [9.17, 15) is 0 Å². The van der Waals surface area contributed by atoms with E-state index in [0.717, 1.165) is 21.2 Å². The molecule has 0 saturated carbocycles. The maximum absolute atomic E-state index is 4.63. The normalized spacial score (nSPS) is 14.7. The quantitative estimate of drug-likeness (QED) is 0.393. The predicted molar refractivity (Wildman–Crippen MR) is 113 cm³/mol. The fourth-order valence-corrected chi connectivity index (χ4v) is 3.99. The molecule has 2 heterocycles. The van der Waals surface area contributed by atoms with Crippen LogP contribution in [0.3, 0.4) is 0 Å². The molecule has 0 bridgehead atoms. The van der Waals surface area contributed by atoms with Crippen molar-refractivity contribution in [3.63, 3.8) is 0 Å². The second-order valence-electron chi connectivity index (χ2n) is 6.32. The first-order chi connectivity index (χ1) is 12.8. The van der Waals surface area contributed by atoms with Crippen molar-refractivity contribution >= 4 is 49.9 Å². The van der Waals surface area contributed by atoms with Crippen LogP contribution in [0, 0.1) is 0 Å². The summed E-state index contributed by atoms with van der Waals surface area (Å²) in [6.45, 7) is 0. The summed E-state index contributed by atoms with van der Waals surface area (Å²) in [4.78, 5) is 8.04. The van der Waals surface area contributed by atoms with Crippen LogP contribution in [0.4, 0.5) is 5.69 Å². The molecule has 0 unspecified atom stereocenters. The lowest BCUT2D eigenvalue weighted by molar-refractivity contribution is 1.46. The smallest absolute Gasteiger partial charge is 0.0709 e. The van der Waals surface area contributed by atoms with Crippen LogP contribution in [0.1, 0.15) is 16.7 Å². The van der Waals surface area contributed by atoms with Gasteiger partial charge in [0.2, 0.25) is 0 Å². The van der Waals surface area contributed by atoms with Crippen molar-refractivity contribution in [2.75, 3.05) is 0 Å². The highest BCUT2D eigenvalue weighted by molar-refractivity contribution is 9.10. The summed E-state index contributed by atoms with van der Waals surface area (Å²) in [7, 11) is 0. The second-order valence-corrected chi connectivity index (χ2v) is 7.24. The molecule has 124 valence electrons. The Kier molecular flexibility index (Phi) is 3.61. The van der Waals surface area contributed by atoms with E-state index in [-0.39, 0.29) is 0 Å². The number of hydrogen-bond donors (Lipinski definition) is 1. The predicted octanol–water partition coefficient (Wildman–Crippen LogP) is 6.61. The number of hydrogen-bond acceptors (Lipinski definition) is 1. The van der Waals surface area contributed by atoms with E-state index in [1.807, 2.05) is 12.3 Å². The summed E-state index contributed by atoms with van der Waals surface area (Å²) < 4.78 is 1.07. The van der Waals surface area contributed by atoms with Gasteiger partial charge in [0, 0.05) is 50.1 Å². The molecule has 0 fully saturated rings. The summed E-state index contributed by atoms with van der Waals surface area (Å²) in [5.74, 6) is 0. The standard InChI is InChI=1S/C23H15BrN2/c24-16-7-5-6-15(12-16)23(19-13-25-21-10-3-1-8-17(19)21)20-14-26-22-11-4-2-9-18(20)22/h1-14,25H. The lowest BCUT2D eigenvalue weighted by Crippen LogP contribution is -1.93. The molecule has 0 saturated heterocycles. The molecule has 2 nitrogen and oxygen atoms in total. The number of aromatic nitrogens is 1. The van der Waals surface area contributed by atoms with Gasteiger partial charge in [0.1, 0.15) is 0 Å². The van der Waals surface area contributed by atoms with Crippen LogP contribution in [-0.4, -0.2) is 11.2 Å². The third-order valence-corrected chi connectivity index (χ3v) is 5.26. The minimum absolute atomic E-state index is 1.02. The van der Waals surface area contributed by atoms with Crippen molar-refractivity contribution < 1.29 is 0 Å². The van der Waals surface area contributed by atoms with E-state index in [4.69, 9.17) is 0 Å². The van der Waals surface area contributed by atoms with E-state index in [0.29, 0.717) is 0 Å². The number of nitrogens with zero attached hydrogens (tertiary/aromatic N) is 1. The summed E-state index contributed by atoms with van der Waals surface area (Å²) >= 11 is 3.62. The maximum atomic E-state index is 4.63. The number of H-pyrrole nitrogens is 1. The van der Waals surface area contributed by atoms with E-state index in [1.54, 1.807) is 0 Å². The fourth-order valence-electron chi connectivity index (χ4n) is 3.60. The second kappa shape index (κ2) is 6.11. The highest BCUT2D eigenvalue weighted by Gasteiger charge is 2.20. The molecule has 1 aliphatic rings. The number of aliphatic imine (C=N–C) groups is 1. The zero-order valence-corrected chi connectivity index (χ0v) is 15.5. The number of allylic oxidation sites excluding steroid dienone is 1. The molecule has 3 aromatic carbocycles. The van der Waals surface area contributed by atoms with Crippen LogP contribution in [0.15, 0.2) is 88.5 Å².